The topological polar surface area (TPSA) is 87.7 Å². The van der Waals surface area contributed by atoms with Gasteiger partial charge in [-0.25, -0.2) is 0 Å². The number of hydrogen-bond acceptors (Lipinski definition) is 4. The molecule has 1 saturated heterocycles. The molecular formula is C8H14N2O4. The lowest BCUT2D eigenvalue weighted by molar-refractivity contribution is -0.125. The Morgan fingerprint density at radius 3 is 2.71 bits per heavy atom. The van der Waals surface area contributed by atoms with Gasteiger partial charge in [0, 0.05) is 6.92 Å². The highest BCUT2D eigenvalue weighted by Gasteiger charge is 2.27. The van der Waals surface area contributed by atoms with Crippen LogP contribution >= 0.6 is 0 Å². The summed E-state index contributed by atoms with van der Waals surface area (Å²) in [5, 5.41) is 14.2. The summed E-state index contributed by atoms with van der Waals surface area (Å²) in [6.45, 7) is 1.82. The SMILES string of the molecule is CC(=O)NCC(=O)NC1COCC1O. The van der Waals surface area contributed by atoms with E-state index in [2.05, 4.69) is 10.6 Å². The number of nitrogens with one attached hydrogen (secondary N) is 2. The average molecular weight is 202 g/mol. The molecule has 1 rings (SSSR count). The fourth-order valence-corrected chi connectivity index (χ4v) is 1.14. The molecule has 2 amide bonds. The molecule has 0 aromatic heterocycles. The van der Waals surface area contributed by atoms with Crippen LogP contribution in [0.4, 0.5) is 0 Å². The molecule has 0 spiro atoms. The molecule has 1 fully saturated rings. The first-order valence-electron chi connectivity index (χ1n) is 4.39. The minimum atomic E-state index is -0.656. The maximum absolute atomic E-state index is 11.2. The Labute approximate surface area is 81.6 Å². The first-order valence-corrected chi connectivity index (χ1v) is 4.39. The standard InChI is InChI=1S/C8H14N2O4/c1-5(11)9-2-8(13)10-6-3-14-4-7(6)12/h6-7,12H,2-4H2,1H3,(H,9,11)(H,10,13). The van der Waals surface area contributed by atoms with Crippen molar-refractivity contribution in [3.63, 3.8) is 0 Å². The molecule has 0 aliphatic carbocycles. The molecule has 0 radical (unpaired) electrons. The Hall–Kier alpha value is -1.14. The smallest absolute Gasteiger partial charge is 0.239 e. The average Bonchev–Trinajstić information content (AvgIpc) is 2.49. The molecule has 2 unspecified atom stereocenters. The number of aliphatic hydroxyl groups excluding tert-OH is 1. The fraction of sp³-hybridized carbons (Fsp3) is 0.750. The predicted octanol–water partition coefficient (Wildman–Crippen LogP) is -2.00. The van der Waals surface area contributed by atoms with Crippen LogP contribution in [0.1, 0.15) is 6.92 Å². The number of rotatable bonds is 3. The van der Waals surface area contributed by atoms with Crippen LogP contribution in [-0.4, -0.2) is 48.8 Å². The second-order valence-electron chi connectivity index (χ2n) is 3.19. The van der Waals surface area contributed by atoms with E-state index in [9.17, 15) is 14.7 Å². The number of carbonyl (C=O) groups is 2. The van der Waals surface area contributed by atoms with Gasteiger partial charge in [0.1, 0.15) is 0 Å². The zero-order chi connectivity index (χ0) is 10.6. The maximum atomic E-state index is 11.2. The van der Waals surface area contributed by atoms with Gasteiger partial charge in [-0.15, -0.1) is 0 Å². The van der Waals surface area contributed by atoms with Gasteiger partial charge >= 0.3 is 0 Å². The molecule has 0 bridgehead atoms. The van der Waals surface area contributed by atoms with Gasteiger partial charge in [-0.2, -0.15) is 0 Å². The largest absolute Gasteiger partial charge is 0.388 e. The third-order valence-electron chi connectivity index (χ3n) is 1.89. The Morgan fingerprint density at radius 1 is 1.50 bits per heavy atom. The van der Waals surface area contributed by atoms with Crippen LogP contribution in [0.5, 0.6) is 0 Å². The Kier molecular flexibility index (Phi) is 3.84. The Balaban J connectivity index is 2.22. The Bertz CT molecular complexity index is 231. The highest BCUT2D eigenvalue weighted by atomic mass is 16.5. The van der Waals surface area contributed by atoms with Crippen molar-refractivity contribution in [2.45, 2.75) is 19.1 Å². The summed E-state index contributed by atoms with van der Waals surface area (Å²) in [7, 11) is 0. The molecule has 6 nitrogen and oxygen atoms in total. The molecule has 80 valence electrons. The van der Waals surface area contributed by atoms with Crippen molar-refractivity contribution in [1.82, 2.24) is 10.6 Å². The predicted molar refractivity (Wildman–Crippen MR) is 47.4 cm³/mol. The zero-order valence-electron chi connectivity index (χ0n) is 7.95. The van der Waals surface area contributed by atoms with E-state index >= 15 is 0 Å². The quantitative estimate of drug-likeness (QED) is 0.494. The van der Waals surface area contributed by atoms with Crippen LogP contribution < -0.4 is 10.6 Å². The van der Waals surface area contributed by atoms with E-state index in [1.54, 1.807) is 0 Å². The molecule has 14 heavy (non-hydrogen) atoms. The molecule has 6 heteroatoms. The molecule has 2 atom stereocenters. The van der Waals surface area contributed by atoms with Crippen molar-refractivity contribution in [2.75, 3.05) is 19.8 Å². The van der Waals surface area contributed by atoms with Crippen molar-refractivity contribution in [2.24, 2.45) is 0 Å². The number of ether oxygens (including phenoxy) is 1. The normalized spacial score (nSPS) is 25.9. The van der Waals surface area contributed by atoms with E-state index in [1.165, 1.54) is 6.92 Å². The second-order valence-corrected chi connectivity index (χ2v) is 3.19. The third-order valence-corrected chi connectivity index (χ3v) is 1.89. The van der Waals surface area contributed by atoms with E-state index in [0.717, 1.165) is 0 Å². The third kappa shape index (κ3) is 3.31. The van der Waals surface area contributed by atoms with Crippen molar-refractivity contribution < 1.29 is 19.4 Å². The van der Waals surface area contributed by atoms with Gasteiger partial charge in [-0.3, -0.25) is 9.59 Å². The van der Waals surface area contributed by atoms with Crippen LogP contribution in [0.25, 0.3) is 0 Å². The zero-order valence-corrected chi connectivity index (χ0v) is 7.95. The summed E-state index contributed by atoms with van der Waals surface area (Å²) in [4.78, 5) is 21.6. The lowest BCUT2D eigenvalue weighted by atomic mass is 10.2. The number of aliphatic hydroxyl groups is 1. The highest BCUT2D eigenvalue weighted by molar-refractivity contribution is 5.83. The Morgan fingerprint density at radius 2 is 2.21 bits per heavy atom. The van der Waals surface area contributed by atoms with Gasteiger partial charge in [-0.1, -0.05) is 0 Å². The lowest BCUT2D eigenvalue weighted by Gasteiger charge is -2.14. The molecular weight excluding hydrogens is 188 g/mol. The summed E-state index contributed by atoms with van der Waals surface area (Å²) in [6, 6.07) is -0.365. The maximum Gasteiger partial charge on any atom is 0.239 e. The first-order chi connectivity index (χ1) is 6.59. The van der Waals surface area contributed by atoms with Gasteiger partial charge in [0.2, 0.25) is 11.8 Å². The van der Waals surface area contributed by atoms with Crippen LogP contribution in [0.2, 0.25) is 0 Å². The van der Waals surface area contributed by atoms with Crippen molar-refractivity contribution in [1.29, 1.82) is 0 Å². The van der Waals surface area contributed by atoms with Crippen LogP contribution in [0, 0.1) is 0 Å². The summed E-state index contributed by atoms with van der Waals surface area (Å²) in [6.07, 6.45) is -0.656. The van der Waals surface area contributed by atoms with Gasteiger partial charge in [0.15, 0.2) is 0 Å². The molecule has 1 aliphatic heterocycles. The molecule has 0 saturated carbocycles. The van der Waals surface area contributed by atoms with Gasteiger partial charge < -0.3 is 20.5 Å². The van der Waals surface area contributed by atoms with Crippen molar-refractivity contribution >= 4 is 11.8 Å². The highest BCUT2D eigenvalue weighted by Crippen LogP contribution is 2.04. The van der Waals surface area contributed by atoms with Crippen molar-refractivity contribution in [3.05, 3.63) is 0 Å². The van der Waals surface area contributed by atoms with E-state index in [0.29, 0.717) is 6.61 Å². The fourth-order valence-electron chi connectivity index (χ4n) is 1.14. The van der Waals surface area contributed by atoms with Crippen LogP contribution in [-0.2, 0) is 14.3 Å². The minimum absolute atomic E-state index is 0.0709. The van der Waals surface area contributed by atoms with E-state index < -0.39 is 6.10 Å². The van der Waals surface area contributed by atoms with Crippen LogP contribution in [0.3, 0.4) is 0 Å². The molecule has 0 aromatic carbocycles. The second kappa shape index (κ2) is 4.92. The number of hydrogen-bond donors (Lipinski definition) is 3. The van der Waals surface area contributed by atoms with E-state index in [-0.39, 0.29) is 31.0 Å². The molecule has 1 heterocycles. The van der Waals surface area contributed by atoms with Crippen LogP contribution in [0.15, 0.2) is 0 Å². The van der Waals surface area contributed by atoms with Crippen molar-refractivity contribution in [3.8, 4) is 0 Å². The summed E-state index contributed by atoms with van der Waals surface area (Å²) in [5.74, 6) is -0.585. The van der Waals surface area contributed by atoms with Gasteiger partial charge in [0.25, 0.3) is 0 Å². The van der Waals surface area contributed by atoms with E-state index in [4.69, 9.17) is 4.74 Å². The monoisotopic (exact) mass is 202 g/mol. The minimum Gasteiger partial charge on any atom is -0.388 e. The summed E-state index contributed by atoms with van der Waals surface area (Å²) < 4.78 is 4.94. The number of carbonyl (C=O) groups excluding carboxylic acids is 2. The van der Waals surface area contributed by atoms with E-state index in [1.807, 2.05) is 0 Å². The first kappa shape index (κ1) is 10.9. The van der Waals surface area contributed by atoms with Gasteiger partial charge in [-0.05, 0) is 0 Å². The summed E-state index contributed by atoms with van der Waals surface area (Å²) in [5.41, 5.74) is 0. The lowest BCUT2D eigenvalue weighted by Crippen LogP contribution is -2.46. The van der Waals surface area contributed by atoms with Gasteiger partial charge in [0.05, 0.1) is 31.9 Å². The molecule has 3 N–H and O–H groups in total. The molecule has 0 aromatic rings. The molecule has 1 aliphatic rings. The summed E-state index contributed by atoms with van der Waals surface area (Å²) >= 11 is 0. The number of amides is 2.